The Bertz CT molecular complexity index is 1320. The molecule has 0 atom stereocenters. The van der Waals surface area contributed by atoms with E-state index in [9.17, 15) is 14.9 Å². The number of nitrogens with zero attached hydrogens (tertiary/aromatic N) is 2. The molecule has 2 aromatic carbocycles. The summed E-state index contributed by atoms with van der Waals surface area (Å²) in [7, 11) is 0. The summed E-state index contributed by atoms with van der Waals surface area (Å²) in [4.78, 5) is 27.8. The number of benzene rings is 2. The number of carbonyl (C=O) groups excluding carboxylic acids is 1. The smallest absolute Gasteiger partial charge is 0.341 e. The van der Waals surface area contributed by atoms with Gasteiger partial charge in [0.15, 0.2) is 0 Å². The van der Waals surface area contributed by atoms with E-state index in [1.54, 1.807) is 38.1 Å². The topological polar surface area (TPSA) is 94.9 Å². The Hall–Kier alpha value is -3.78. The summed E-state index contributed by atoms with van der Waals surface area (Å²) in [6, 6.07) is 15.9. The molecule has 0 saturated heterocycles. The Morgan fingerprint density at radius 1 is 1.19 bits per heavy atom. The van der Waals surface area contributed by atoms with Crippen molar-refractivity contribution in [2.24, 2.45) is 4.99 Å². The molecule has 0 N–H and O–H groups in total. The highest BCUT2D eigenvalue weighted by atomic mass is 32.1. The number of fused-ring (bicyclic) bond motifs is 1. The maximum Gasteiger partial charge on any atom is 0.341 e. The van der Waals surface area contributed by atoms with Crippen LogP contribution in [0.3, 0.4) is 0 Å². The van der Waals surface area contributed by atoms with E-state index in [0.29, 0.717) is 33.2 Å². The second kappa shape index (κ2) is 8.53. The first-order valence-electron chi connectivity index (χ1n) is 9.56. The van der Waals surface area contributed by atoms with Gasteiger partial charge in [-0.3, -0.25) is 10.1 Å². The van der Waals surface area contributed by atoms with Gasteiger partial charge in [0, 0.05) is 27.3 Å². The lowest BCUT2D eigenvalue weighted by Gasteiger charge is -2.03. The number of rotatable bonds is 6. The third-order valence-corrected chi connectivity index (χ3v) is 5.84. The minimum Gasteiger partial charge on any atom is -0.462 e. The lowest BCUT2D eigenvalue weighted by atomic mass is 10.1. The summed E-state index contributed by atoms with van der Waals surface area (Å²) in [5, 5.41) is 12.5. The molecule has 2 aromatic heterocycles. The second-order valence-electron chi connectivity index (χ2n) is 6.67. The molecule has 0 aliphatic carbocycles. The van der Waals surface area contributed by atoms with Gasteiger partial charge in [0.2, 0.25) is 0 Å². The molecule has 0 saturated carbocycles. The molecule has 0 bridgehead atoms. The van der Waals surface area contributed by atoms with Crippen molar-refractivity contribution in [3.8, 4) is 11.3 Å². The third kappa shape index (κ3) is 3.97. The number of esters is 1. The van der Waals surface area contributed by atoms with Gasteiger partial charge in [-0.15, -0.1) is 11.3 Å². The van der Waals surface area contributed by atoms with E-state index >= 15 is 0 Å². The number of hydrogen-bond acceptors (Lipinski definition) is 7. The van der Waals surface area contributed by atoms with E-state index in [4.69, 9.17) is 9.15 Å². The minimum atomic E-state index is -0.417. The van der Waals surface area contributed by atoms with Crippen molar-refractivity contribution in [3.63, 3.8) is 0 Å². The zero-order chi connectivity index (χ0) is 22.0. The Kier molecular flexibility index (Phi) is 5.64. The first-order valence-corrected chi connectivity index (χ1v) is 10.4. The lowest BCUT2D eigenvalue weighted by Crippen LogP contribution is -2.03. The normalized spacial score (nSPS) is 11.3. The number of ether oxygens (including phenoxy) is 1. The van der Waals surface area contributed by atoms with Crippen LogP contribution in [-0.4, -0.2) is 23.7 Å². The first-order chi connectivity index (χ1) is 15.0. The molecule has 2 heterocycles. The molecule has 0 aliphatic heterocycles. The van der Waals surface area contributed by atoms with Crippen LogP contribution in [0.25, 0.3) is 21.4 Å². The average molecular weight is 434 g/mol. The molecule has 0 aliphatic rings. The van der Waals surface area contributed by atoms with E-state index < -0.39 is 10.9 Å². The number of aliphatic imine (C=N–C) groups is 1. The minimum absolute atomic E-state index is 0.0356. The summed E-state index contributed by atoms with van der Waals surface area (Å²) in [6.45, 7) is 3.72. The molecule has 7 nitrogen and oxygen atoms in total. The van der Waals surface area contributed by atoms with E-state index in [-0.39, 0.29) is 12.3 Å². The van der Waals surface area contributed by atoms with Gasteiger partial charge in [-0.25, -0.2) is 9.79 Å². The number of carbonyl (C=O) groups is 1. The van der Waals surface area contributed by atoms with Gasteiger partial charge in [-0.1, -0.05) is 30.3 Å². The van der Waals surface area contributed by atoms with E-state index in [0.717, 1.165) is 10.1 Å². The van der Waals surface area contributed by atoms with Crippen molar-refractivity contribution in [2.45, 2.75) is 13.8 Å². The van der Waals surface area contributed by atoms with Crippen LogP contribution in [0.15, 0.2) is 64.0 Å². The maximum absolute atomic E-state index is 12.5. The molecule has 0 radical (unpaired) electrons. The maximum atomic E-state index is 12.5. The molecular formula is C23H18N2O5S. The average Bonchev–Trinajstić information content (AvgIpc) is 3.36. The first kappa shape index (κ1) is 20.5. The van der Waals surface area contributed by atoms with Crippen molar-refractivity contribution in [1.82, 2.24) is 0 Å². The van der Waals surface area contributed by atoms with Gasteiger partial charge in [-0.2, -0.15) is 0 Å². The fourth-order valence-corrected chi connectivity index (χ4v) is 4.34. The molecule has 8 heteroatoms. The van der Waals surface area contributed by atoms with Crippen LogP contribution >= 0.6 is 11.3 Å². The van der Waals surface area contributed by atoms with Crippen LogP contribution in [-0.2, 0) is 4.74 Å². The molecule has 0 spiro atoms. The molecular weight excluding hydrogens is 416 g/mol. The van der Waals surface area contributed by atoms with Gasteiger partial charge >= 0.3 is 5.97 Å². The summed E-state index contributed by atoms with van der Waals surface area (Å²) < 4.78 is 12.0. The van der Waals surface area contributed by atoms with Gasteiger partial charge in [0.25, 0.3) is 5.69 Å². The van der Waals surface area contributed by atoms with Crippen LogP contribution in [0.1, 0.15) is 28.6 Å². The van der Waals surface area contributed by atoms with E-state index in [1.807, 2.05) is 24.3 Å². The predicted molar refractivity (Wildman–Crippen MR) is 121 cm³/mol. The van der Waals surface area contributed by atoms with Gasteiger partial charge in [-0.05, 0) is 32.0 Å². The highest BCUT2D eigenvalue weighted by Crippen LogP contribution is 2.38. The third-order valence-electron chi connectivity index (χ3n) is 4.76. The van der Waals surface area contributed by atoms with Gasteiger partial charge in [0.05, 0.1) is 17.7 Å². The van der Waals surface area contributed by atoms with Crippen molar-refractivity contribution in [1.29, 1.82) is 0 Å². The van der Waals surface area contributed by atoms with Crippen molar-refractivity contribution < 1.29 is 18.9 Å². The number of hydrogen-bond donors (Lipinski definition) is 0. The molecule has 31 heavy (non-hydrogen) atoms. The molecule has 4 aromatic rings. The van der Waals surface area contributed by atoms with Gasteiger partial charge in [0.1, 0.15) is 22.1 Å². The van der Waals surface area contributed by atoms with E-state index in [2.05, 4.69) is 4.99 Å². The highest BCUT2D eigenvalue weighted by Gasteiger charge is 2.20. The largest absolute Gasteiger partial charge is 0.462 e. The van der Waals surface area contributed by atoms with Crippen LogP contribution in [0, 0.1) is 17.0 Å². The van der Waals surface area contributed by atoms with Crippen molar-refractivity contribution >= 4 is 44.3 Å². The Morgan fingerprint density at radius 3 is 2.77 bits per heavy atom. The summed E-state index contributed by atoms with van der Waals surface area (Å²) in [5.41, 5.74) is 1.64. The standard InChI is InChI=1S/C23H18N2O5S/c1-3-29-23(26)21-17-7-4-5-10-20(17)31-22(21)24-13-15-11-12-19(30-15)16-8-6-9-18(14(16)2)25(27)28/h4-13H,3H2,1-2H3. The van der Waals surface area contributed by atoms with Gasteiger partial charge < -0.3 is 9.15 Å². The second-order valence-corrected chi connectivity index (χ2v) is 7.70. The molecule has 0 amide bonds. The number of nitro benzene ring substituents is 1. The Balaban J connectivity index is 1.69. The predicted octanol–water partition coefficient (Wildman–Crippen LogP) is 6.31. The summed E-state index contributed by atoms with van der Waals surface area (Å²) in [5.74, 6) is 0.553. The zero-order valence-electron chi connectivity index (χ0n) is 16.8. The lowest BCUT2D eigenvalue weighted by molar-refractivity contribution is -0.385. The summed E-state index contributed by atoms with van der Waals surface area (Å²) >= 11 is 1.39. The monoisotopic (exact) mass is 434 g/mol. The van der Waals surface area contributed by atoms with Crippen molar-refractivity contribution in [2.75, 3.05) is 6.61 Å². The molecule has 0 unspecified atom stereocenters. The number of furan rings is 1. The number of thiophene rings is 1. The SMILES string of the molecule is CCOC(=O)c1c(N=Cc2ccc(-c3cccc([N+](=O)[O-])c3C)o2)sc2ccccc12. The van der Waals surface area contributed by atoms with Crippen molar-refractivity contribution in [3.05, 3.63) is 81.6 Å². The number of nitro groups is 1. The van der Waals surface area contributed by atoms with Crippen LogP contribution in [0.5, 0.6) is 0 Å². The molecule has 156 valence electrons. The Labute approximate surface area is 181 Å². The molecule has 4 rings (SSSR count). The highest BCUT2D eigenvalue weighted by molar-refractivity contribution is 7.23. The van der Waals surface area contributed by atoms with Crippen LogP contribution in [0.2, 0.25) is 0 Å². The fourth-order valence-electron chi connectivity index (χ4n) is 3.30. The van der Waals surface area contributed by atoms with Crippen LogP contribution in [0.4, 0.5) is 10.7 Å². The fraction of sp³-hybridized carbons (Fsp3) is 0.130. The van der Waals surface area contributed by atoms with E-state index in [1.165, 1.54) is 23.6 Å². The quantitative estimate of drug-likeness (QED) is 0.153. The molecule has 0 fully saturated rings. The zero-order valence-corrected chi connectivity index (χ0v) is 17.6. The Morgan fingerprint density at radius 2 is 2.00 bits per heavy atom. The van der Waals surface area contributed by atoms with Crippen LogP contribution < -0.4 is 0 Å². The summed E-state index contributed by atoms with van der Waals surface area (Å²) in [6.07, 6.45) is 1.53.